The number of carbonyl (C=O) groups excluding carboxylic acids is 1. The Labute approximate surface area is 180 Å². The van der Waals surface area contributed by atoms with Crippen LogP contribution in [0.5, 0.6) is 11.5 Å². The topological polar surface area (TPSA) is 89.4 Å². The lowest BCUT2D eigenvalue weighted by atomic mass is 9.95. The van der Waals surface area contributed by atoms with Crippen molar-refractivity contribution in [2.24, 2.45) is 0 Å². The van der Waals surface area contributed by atoms with Crippen molar-refractivity contribution in [1.82, 2.24) is 19.7 Å². The lowest BCUT2D eigenvalue weighted by Crippen LogP contribution is -2.38. The first-order chi connectivity index (χ1) is 15.1. The van der Waals surface area contributed by atoms with E-state index in [1.54, 1.807) is 43.1 Å². The van der Waals surface area contributed by atoms with Crippen molar-refractivity contribution in [3.8, 4) is 11.5 Å². The molecule has 0 atom stereocenters. The average Bonchev–Trinajstić information content (AvgIpc) is 3.19. The van der Waals surface area contributed by atoms with Crippen molar-refractivity contribution in [3.63, 3.8) is 0 Å². The van der Waals surface area contributed by atoms with E-state index in [-0.39, 0.29) is 17.5 Å². The quantitative estimate of drug-likeness (QED) is 0.660. The van der Waals surface area contributed by atoms with Gasteiger partial charge in [-0.3, -0.25) is 9.36 Å². The van der Waals surface area contributed by atoms with E-state index in [2.05, 4.69) is 10.2 Å². The predicted octanol–water partition coefficient (Wildman–Crippen LogP) is 2.66. The van der Waals surface area contributed by atoms with Crippen LogP contribution in [0.3, 0.4) is 0 Å². The van der Waals surface area contributed by atoms with Crippen molar-refractivity contribution < 1.29 is 14.3 Å². The minimum absolute atomic E-state index is 0.0127. The van der Waals surface area contributed by atoms with Crippen molar-refractivity contribution >= 4 is 5.91 Å². The first kappa shape index (κ1) is 20.7. The third-order valence-electron chi connectivity index (χ3n) is 5.77. The number of hydrogen-bond donors (Lipinski definition) is 1. The van der Waals surface area contributed by atoms with Crippen LogP contribution in [0, 0.1) is 0 Å². The highest BCUT2D eigenvalue weighted by Gasteiger charge is 2.28. The Bertz CT molecular complexity index is 1080. The molecule has 2 aromatic carbocycles. The van der Waals surface area contributed by atoms with Crippen LogP contribution in [0.15, 0.2) is 53.3 Å². The molecule has 0 unspecified atom stereocenters. The standard InChI is InChI=1S/C23H26N4O4/c1-30-19-7-3-16(4-8-19)15-27-21(24-25-23(27)29)17-11-13-26(14-12-17)22(28)18-5-9-20(31-2)10-6-18/h3-10,17H,11-15H2,1-2H3,(H,25,29). The number of rotatable bonds is 6. The van der Waals surface area contributed by atoms with Gasteiger partial charge < -0.3 is 14.4 Å². The van der Waals surface area contributed by atoms with Crippen LogP contribution >= 0.6 is 0 Å². The third kappa shape index (κ3) is 4.47. The molecule has 1 aliphatic rings. The van der Waals surface area contributed by atoms with E-state index in [9.17, 15) is 9.59 Å². The molecule has 0 saturated carbocycles. The summed E-state index contributed by atoms with van der Waals surface area (Å²) in [6.45, 7) is 1.69. The van der Waals surface area contributed by atoms with Crippen LogP contribution in [0.25, 0.3) is 0 Å². The van der Waals surface area contributed by atoms with Crippen LogP contribution in [-0.2, 0) is 6.54 Å². The summed E-state index contributed by atoms with van der Waals surface area (Å²) >= 11 is 0. The number of methoxy groups -OCH3 is 2. The second-order valence-electron chi connectivity index (χ2n) is 7.62. The number of hydrogen-bond acceptors (Lipinski definition) is 5. The minimum Gasteiger partial charge on any atom is -0.497 e. The van der Waals surface area contributed by atoms with Crippen molar-refractivity contribution in [2.45, 2.75) is 25.3 Å². The number of carbonyl (C=O) groups is 1. The number of likely N-dealkylation sites (tertiary alicyclic amines) is 1. The summed E-state index contributed by atoms with van der Waals surface area (Å²) in [7, 11) is 3.23. The number of benzene rings is 2. The molecule has 0 bridgehead atoms. The fourth-order valence-electron chi connectivity index (χ4n) is 3.96. The number of aromatic amines is 1. The molecule has 8 nitrogen and oxygen atoms in total. The van der Waals surface area contributed by atoms with Gasteiger partial charge in [-0.25, -0.2) is 9.89 Å². The van der Waals surface area contributed by atoms with Gasteiger partial charge in [-0.15, -0.1) is 0 Å². The summed E-state index contributed by atoms with van der Waals surface area (Å²) in [6, 6.07) is 14.8. The summed E-state index contributed by atoms with van der Waals surface area (Å²) < 4.78 is 12.0. The van der Waals surface area contributed by atoms with Gasteiger partial charge in [-0.05, 0) is 54.8 Å². The third-order valence-corrected chi connectivity index (χ3v) is 5.77. The molecule has 2 heterocycles. The Balaban J connectivity index is 1.42. The van der Waals surface area contributed by atoms with Gasteiger partial charge in [0.2, 0.25) is 0 Å². The number of nitrogens with zero attached hydrogens (tertiary/aromatic N) is 3. The monoisotopic (exact) mass is 422 g/mol. The van der Waals surface area contributed by atoms with E-state index in [4.69, 9.17) is 9.47 Å². The number of nitrogens with one attached hydrogen (secondary N) is 1. The van der Waals surface area contributed by atoms with Crippen LogP contribution in [0.1, 0.15) is 40.5 Å². The summed E-state index contributed by atoms with van der Waals surface area (Å²) in [4.78, 5) is 27.0. The lowest BCUT2D eigenvalue weighted by Gasteiger charge is -2.31. The van der Waals surface area contributed by atoms with Gasteiger partial charge in [0.1, 0.15) is 17.3 Å². The summed E-state index contributed by atoms with van der Waals surface area (Å²) in [5.41, 5.74) is 1.43. The summed E-state index contributed by atoms with van der Waals surface area (Å²) in [5.74, 6) is 2.38. The predicted molar refractivity (Wildman–Crippen MR) is 116 cm³/mol. The lowest BCUT2D eigenvalue weighted by molar-refractivity contribution is 0.0710. The number of piperidine rings is 1. The Kier molecular flexibility index (Phi) is 6.06. The zero-order chi connectivity index (χ0) is 21.8. The zero-order valence-electron chi connectivity index (χ0n) is 17.7. The highest BCUT2D eigenvalue weighted by atomic mass is 16.5. The van der Waals surface area contributed by atoms with E-state index < -0.39 is 0 Å². The van der Waals surface area contributed by atoms with Gasteiger partial charge in [0.15, 0.2) is 0 Å². The Hall–Kier alpha value is -3.55. The molecule has 1 fully saturated rings. The molecule has 0 radical (unpaired) electrons. The molecule has 3 aromatic rings. The van der Waals surface area contributed by atoms with Crippen molar-refractivity contribution in [2.75, 3.05) is 27.3 Å². The molecule has 1 saturated heterocycles. The first-order valence-corrected chi connectivity index (χ1v) is 10.3. The molecule has 0 spiro atoms. The molecule has 1 aliphatic heterocycles. The molecule has 8 heteroatoms. The van der Waals surface area contributed by atoms with E-state index >= 15 is 0 Å². The second-order valence-corrected chi connectivity index (χ2v) is 7.62. The van der Waals surface area contributed by atoms with E-state index in [1.165, 1.54) is 0 Å². The second kappa shape index (κ2) is 9.07. The fraction of sp³-hybridized carbons (Fsp3) is 0.348. The summed E-state index contributed by atoms with van der Waals surface area (Å²) in [5, 5.41) is 6.89. The van der Waals surface area contributed by atoms with Crippen LogP contribution in [0.4, 0.5) is 0 Å². The van der Waals surface area contributed by atoms with Crippen LogP contribution in [-0.4, -0.2) is 52.9 Å². The number of amides is 1. The Morgan fingerprint density at radius 3 is 2.16 bits per heavy atom. The molecular formula is C23H26N4O4. The maximum Gasteiger partial charge on any atom is 0.343 e. The van der Waals surface area contributed by atoms with E-state index in [1.807, 2.05) is 29.2 Å². The molecule has 31 heavy (non-hydrogen) atoms. The summed E-state index contributed by atoms with van der Waals surface area (Å²) in [6.07, 6.45) is 1.52. The molecular weight excluding hydrogens is 396 g/mol. The van der Waals surface area contributed by atoms with Crippen LogP contribution < -0.4 is 15.2 Å². The maximum absolute atomic E-state index is 12.8. The van der Waals surface area contributed by atoms with Crippen LogP contribution in [0.2, 0.25) is 0 Å². The smallest absolute Gasteiger partial charge is 0.343 e. The zero-order valence-corrected chi connectivity index (χ0v) is 17.7. The van der Waals surface area contributed by atoms with E-state index in [0.717, 1.165) is 35.7 Å². The Morgan fingerprint density at radius 2 is 1.58 bits per heavy atom. The molecule has 4 rings (SSSR count). The van der Waals surface area contributed by atoms with Gasteiger partial charge in [0, 0.05) is 24.6 Å². The molecule has 1 N–H and O–H groups in total. The fourth-order valence-corrected chi connectivity index (χ4v) is 3.96. The average molecular weight is 422 g/mol. The number of aromatic nitrogens is 3. The largest absolute Gasteiger partial charge is 0.497 e. The molecule has 162 valence electrons. The molecule has 0 aliphatic carbocycles. The van der Waals surface area contributed by atoms with Gasteiger partial charge in [0.05, 0.1) is 20.8 Å². The first-order valence-electron chi connectivity index (χ1n) is 10.3. The normalized spacial score (nSPS) is 14.5. The highest BCUT2D eigenvalue weighted by Crippen LogP contribution is 2.27. The SMILES string of the molecule is COc1ccc(Cn2c(C3CCN(C(=O)c4ccc(OC)cc4)CC3)n[nH]c2=O)cc1. The van der Waals surface area contributed by atoms with Crippen molar-refractivity contribution in [1.29, 1.82) is 0 Å². The minimum atomic E-state index is -0.220. The maximum atomic E-state index is 12.8. The van der Waals surface area contributed by atoms with E-state index in [0.29, 0.717) is 25.2 Å². The van der Waals surface area contributed by atoms with Gasteiger partial charge in [-0.1, -0.05) is 12.1 Å². The highest BCUT2D eigenvalue weighted by molar-refractivity contribution is 5.94. The van der Waals surface area contributed by atoms with Gasteiger partial charge in [0.25, 0.3) is 5.91 Å². The molecule has 1 amide bonds. The number of ether oxygens (including phenoxy) is 2. The number of H-pyrrole nitrogens is 1. The Morgan fingerprint density at radius 1 is 1.00 bits per heavy atom. The van der Waals surface area contributed by atoms with Gasteiger partial charge >= 0.3 is 5.69 Å². The molecule has 1 aromatic heterocycles. The van der Waals surface area contributed by atoms with Gasteiger partial charge in [-0.2, -0.15) is 5.10 Å². The van der Waals surface area contributed by atoms with Crippen molar-refractivity contribution in [3.05, 3.63) is 76.0 Å².